The van der Waals surface area contributed by atoms with E-state index in [-0.39, 0.29) is 11.5 Å². The molecule has 0 aliphatic carbocycles. The smallest absolute Gasteiger partial charge is 0.261 e. The van der Waals surface area contributed by atoms with E-state index < -0.39 is 5.82 Å². The van der Waals surface area contributed by atoms with Crippen LogP contribution in [0.3, 0.4) is 0 Å². The second-order valence-corrected chi connectivity index (χ2v) is 5.41. The molecule has 3 aromatic rings. The molecular weight excluding hydrogens is 289 g/mol. The van der Waals surface area contributed by atoms with Gasteiger partial charge in [-0.1, -0.05) is 23.4 Å². The molecule has 2 aromatic carbocycles. The maximum Gasteiger partial charge on any atom is 0.261 e. The van der Waals surface area contributed by atoms with Gasteiger partial charge < -0.3 is 10.3 Å². The molecule has 1 aromatic heterocycles. The number of rotatable bonds is 4. The highest BCUT2D eigenvalue weighted by molar-refractivity contribution is 7.98. The largest absolute Gasteiger partial charge is 0.399 e. The normalized spacial score (nSPS) is 10.7. The van der Waals surface area contributed by atoms with Crippen LogP contribution in [-0.4, -0.2) is 10.1 Å². The first-order chi connectivity index (χ1) is 10.2. The third-order valence-corrected chi connectivity index (χ3v) is 3.81. The van der Waals surface area contributed by atoms with Crippen molar-refractivity contribution in [3.63, 3.8) is 0 Å². The summed E-state index contributed by atoms with van der Waals surface area (Å²) in [5.74, 6) is 0.775. The molecule has 0 atom stereocenters. The predicted octanol–water partition coefficient (Wildman–Crippen LogP) is 3.75. The van der Waals surface area contributed by atoms with Gasteiger partial charge in [0.25, 0.3) is 5.89 Å². The lowest BCUT2D eigenvalue weighted by Crippen LogP contribution is -1.90. The van der Waals surface area contributed by atoms with Gasteiger partial charge in [0.15, 0.2) is 5.82 Å². The average Bonchev–Trinajstić information content (AvgIpc) is 2.97. The Kier molecular flexibility index (Phi) is 3.87. The fourth-order valence-corrected chi connectivity index (χ4v) is 2.56. The Labute approximate surface area is 125 Å². The van der Waals surface area contributed by atoms with Crippen molar-refractivity contribution in [1.82, 2.24) is 10.1 Å². The van der Waals surface area contributed by atoms with Crippen molar-refractivity contribution < 1.29 is 8.91 Å². The van der Waals surface area contributed by atoms with Crippen LogP contribution in [0.15, 0.2) is 57.9 Å². The minimum absolute atomic E-state index is 0.142. The van der Waals surface area contributed by atoms with E-state index in [9.17, 15) is 4.39 Å². The van der Waals surface area contributed by atoms with Crippen molar-refractivity contribution in [2.45, 2.75) is 10.6 Å². The van der Waals surface area contributed by atoms with Gasteiger partial charge in [-0.25, -0.2) is 4.39 Å². The highest BCUT2D eigenvalue weighted by Crippen LogP contribution is 2.25. The van der Waals surface area contributed by atoms with Crippen LogP contribution in [0.2, 0.25) is 0 Å². The molecular formula is C15H12FN3OS. The van der Waals surface area contributed by atoms with Gasteiger partial charge in [0.2, 0.25) is 0 Å². The molecule has 0 fully saturated rings. The molecule has 0 spiro atoms. The van der Waals surface area contributed by atoms with Crippen LogP contribution in [0.5, 0.6) is 0 Å². The monoisotopic (exact) mass is 301 g/mol. The van der Waals surface area contributed by atoms with Crippen LogP contribution in [0.25, 0.3) is 11.5 Å². The fraction of sp³-hybridized carbons (Fsp3) is 0.0667. The first-order valence-electron chi connectivity index (χ1n) is 6.28. The van der Waals surface area contributed by atoms with Gasteiger partial charge in [-0.15, -0.1) is 11.8 Å². The van der Waals surface area contributed by atoms with Crippen molar-refractivity contribution in [2.75, 3.05) is 5.73 Å². The van der Waals surface area contributed by atoms with Crippen molar-refractivity contribution in [2.24, 2.45) is 0 Å². The quantitative estimate of drug-likeness (QED) is 0.587. The van der Waals surface area contributed by atoms with E-state index in [2.05, 4.69) is 10.1 Å². The molecule has 0 bridgehead atoms. The van der Waals surface area contributed by atoms with Gasteiger partial charge in [0, 0.05) is 10.6 Å². The molecule has 6 heteroatoms. The Morgan fingerprint density at radius 2 is 1.95 bits per heavy atom. The molecule has 0 radical (unpaired) electrons. The van der Waals surface area contributed by atoms with Gasteiger partial charge >= 0.3 is 0 Å². The lowest BCUT2D eigenvalue weighted by Gasteiger charge is -1.98. The molecule has 2 N–H and O–H groups in total. The summed E-state index contributed by atoms with van der Waals surface area (Å²) < 4.78 is 18.8. The van der Waals surface area contributed by atoms with E-state index in [0.29, 0.717) is 17.3 Å². The van der Waals surface area contributed by atoms with Crippen LogP contribution in [-0.2, 0) is 5.75 Å². The van der Waals surface area contributed by atoms with Crippen LogP contribution in [0.1, 0.15) is 5.82 Å². The molecule has 0 aliphatic rings. The number of nitrogens with two attached hydrogens (primary N) is 1. The molecule has 0 saturated carbocycles. The van der Waals surface area contributed by atoms with Crippen LogP contribution in [0.4, 0.5) is 10.1 Å². The molecule has 0 unspecified atom stereocenters. The average molecular weight is 301 g/mol. The van der Waals surface area contributed by atoms with E-state index >= 15 is 0 Å². The van der Waals surface area contributed by atoms with Crippen LogP contribution < -0.4 is 5.73 Å². The SMILES string of the molecule is Nc1ccc(F)c(-c2nc(CSc3ccccc3)no2)c1. The second kappa shape index (κ2) is 5.97. The number of aromatic nitrogens is 2. The van der Waals surface area contributed by atoms with Gasteiger partial charge in [0.05, 0.1) is 11.3 Å². The third kappa shape index (κ3) is 3.22. The maximum atomic E-state index is 13.7. The summed E-state index contributed by atoms with van der Waals surface area (Å²) in [5, 5.41) is 3.86. The molecule has 0 amide bonds. The maximum absolute atomic E-state index is 13.7. The second-order valence-electron chi connectivity index (χ2n) is 4.36. The molecule has 0 saturated heterocycles. The zero-order valence-electron chi connectivity index (χ0n) is 11.0. The van der Waals surface area contributed by atoms with Gasteiger partial charge in [-0.3, -0.25) is 0 Å². The zero-order valence-corrected chi connectivity index (χ0v) is 11.8. The fourth-order valence-electron chi connectivity index (χ4n) is 1.79. The number of thioether (sulfide) groups is 1. The number of nitrogen functional groups attached to an aromatic ring is 1. The molecule has 106 valence electrons. The van der Waals surface area contributed by atoms with Gasteiger partial charge in [-0.2, -0.15) is 4.98 Å². The van der Waals surface area contributed by atoms with Gasteiger partial charge in [-0.05, 0) is 30.3 Å². The van der Waals surface area contributed by atoms with Crippen molar-refractivity contribution >= 4 is 17.4 Å². The summed E-state index contributed by atoms with van der Waals surface area (Å²) in [7, 11) is 0. The summed E-state index contributed by atoms with van der Waals surface area (Å²) >= 11 is 1.59. The van der Waals surface area contributed by atoms with E-state index in [0.717, 1.165) is 4.90 Å². The van der Waals surface area contributed by atoms with E-state index in [4.69, 9.17) is 10.3 Å². The van der Waals surface area contributed by atoms with Crippen molar-refractivity contribution in [3.8, 4) is 11.5 Å². The summed E-state index contributed by atoms with van der Waals surface area (Å²) in [6.45, 7) is 0. The highest BCUT2D eigenvalue weighted by Gasteiger charge is 2.13. The Balaban J connectivity index is 1.76. The number of hydrogen-bond donors (Lipinski definition) is 1. The van der Waals surface area contributed by atoms with E-state index in [1.54, 1.807) is 11.8 Å². The minimum atomic E-state index is -0.435. The highest BCUT2D eigenvalue weighted by atomic mass is 32.2. The van der Waals surface area contributed by atoms with E-state index in [1.165, 1.54) is 18.2 Å². The summed E-state index contributed by atoms with van der Waals surface area (Å²) in [6.07, 6.45) is 0. The molecule has 1 heterocycles. The van der Waals surface area contributed by atoms with Crippen LogP contribution >= 0.6 is 11.8 Å². The van der Waals surface area contributed by atoms with Crippen molar-refractivity contribution in [3.05, 3.63) is 60.2 Å². The number of benzene rings is 2. The summed E-state index contributed by atoms with van der Waals surface area (Å²) in [4.78, 5) is 5.31. The van der Waals surface area contributed by atoms with E-state index in [1.807, 2.05) is 30.3 Å². The lowest BCUT2D eigenvalue weighted by molar-refractivity contribution is 0.423. The first-order valence-corrected chi connectivity index (χ1v) is 7.27. The molecule has 3 rings (SSSR count). The van der Waals surface area contributed by atoms with Crippen molar-refractivity contribution in [1.29, 1.82) is 0 Å². The molecule has 21 heavy (non-hydrogen) atoms. The summed E-state index contributed by atoms with van der Waals surface area (Å²) in [5.41, 5.74) is 6.32. The molecule has 0 aliphatic heterocycles. The first kappa shape index (κ1) is 13.6. The Morgan fingerprint density at radius 1 is 1.14 bits per heavy atom. The van der Waals surface area contributed by atoms with Gasteiger partial charge in [0.1, 0.15) is 5.82 Å². The number of halogens is 1. The topological polar surface area (TPSA) is 64.9 Å². The lowest BCUT2D eigenvalue weighted by atomic mass is 10.2. The zero-order chi connectivity index (χ0) is 14.7. The number of nitrogens with zero attached hydrogens (tertiary/aromatic N) is 2. The standard InChI is InChI=1S/C15H12FN3OS/c16-13-7-6-10(17)8-12(13)15-18-14(19-20-15)9-21-11-4-2-1-3-5-11/h1-8H,9,17H2. The Morgan fingerprint density at radius 3 is 2.76 bits per heavy atom. The Hall–Kier alpha value is -2.34. The number of hydrogen-bond acceptors (Lipinski definition) is 5. The summed E-state index contributed by atoms with van der Waals surface area (Å²) in [6, 6.07) is 14.1. The predicted molar refractivity (Wildman–Crippen MR) is 80.1 cm³/mol. The number of anilines is 1. The molecule has 4 nitrogen and oxygen atoms in total. The third-order valence-electron chi connectivity index (χ3n) is 2.80. The minimum Gasteiger partial charge on any atom is -0.399 e. The Bertz CT molecular complexity index is 746. The van der Waals surface area contributed by atoms with Crippen LogP contribution in [0, 0.1) is 5.82 Å².